The van der Waals surface area contributed by atoms with Gasteiger partial charge in [0.25, 0.3) is 0 Å². The van der Waals surface area contributed by atoms with Crippen LogP contribution in [0.1, 0.15) is 41.5 Å². The van der Waals surface area contributed by atoms with E-state index in [1.807, 2.05) is 30.3 Å². The zero-order valence-electron chi connectivity index (χ0n) is 18.3. The summed E-state index contributed by atoms with van der Waals surface area (Å²) < 4.78 is 13.9. The molecule has 34 heavy (non-hydrogen) atoms. The Hall–Kier alpha value is -3.70. The molecule has 1 saturated carbocycles. The maximum absolute atomic E-state index is 13.9. The fraction of sp³-hybridized carbons (Fsp3) is 0.143. The van der Waals surface area contributed by atoms with Gasteiger partial charge in [0.15, 0.2) is 0 Å². The molecule has 6 heteroatoms. The lowest BCUT2D eigenvalue weighted by Gasteiger charge is -2.32. The molecule has 5 rings (SSSR count). The highest BCUT2D eigenvalue weighted by atomic mass is 35.5. The van der Waals surface area contributed by atoms with E-state index in [1.54, 1.807) is 18.3 Å². The van der Waals surface area contributed by atoms with E-state index in [-0.39, 0.29) is 5.82 Å². The van der Waals surface area contributed by atoms with Crippen molar-refractivity contribution in [3.8, 4) is 0 Å². The van der Waals surface area contributed by atoms with Crippen molar-refractivity contribution in [3.63, 3.8) is 0 Å². The Balaban J connectivity index is 1.75. The Morgan fingerprint density at radius 1 is 1.06 bits per heavy atom. The Kier molecular flexibility index (Phi) is 6.03. The second-order valence-electron chi connectivity index (χ2n) is 8.51. The number of nitrogens with one attached hydrogen (secondary N) is 1. The third-order valence-electron chi connectivity index (χ3n) is 6.35. The molecule has 0 amide bonds. The van der Waals surface area contributed by atoms with Gasteiger partial charge in [0.1, 0.15) is 5.82 Å². The molecule has 1 fully saturated rings. The molecule has 0 spiro atoms. The highest BCUT2D eigenvalue weighted by Crippen LogP contribution is 2.47. The van der Waals surface area contributed by atoms with Gasteiger partial charge in [-0.1, -0.05) is 54.4 Å². The van der Waals surface area contributed by atoms with Gasteiger partial charge in [0.2, 0.25) is 0 Å². The van der Waals surface area contributed by atoms with Gasteiger partial charge in [-0.2, -0.15) is 5.10 Å². The number of hydrogen-bond acceptors (Lipinski definition) is 2. The Bertz CT molecular complexity index is 1430. The summed E-state index contributed by atoms with van der Waals surface area (Å²) in [6, 6.07) is 18.5. The summed E-state index contributed by atoms with van der Waals surface area (Å²) in [4.78, 5) is 10.9. The molecule has 0 aliphatic heterocycles. The van der Waals surface area contributed by atoms with Crippen LogP contribution in [0.3, 0.4) is 0 Å². The molecule has 1 aliphatic carbocycles. The molecule has 4 aromatic rings. The molecule has 1 heterocycles. The third kappa shape index (κ3) is 4.39. The fourth-order valence-electron chi connectivity index (χ4n) is 4.47. The van der Waals surface area contributed by atoms with E-state index in [4.69, 9.17) is 16.7 Å². The number of H-pyrrole nitrogens is 1. The predicted octanol–water partition coefficient (Wildman–Crippen LogP) is 7.21. The van der Waals surface area contributed by atoms with Crippen molar-refractivity contribution in [2.75, 3.05) is 0 Å². The molecule has 0 atom stereocenters. The number of halogens is 2. The van der Waals surface area contributed by atoms with Crippen molar-refractivity contribution in [2.45, 2.75) is 19.3 Å². The first-order valence-electron chi connectivity index (χ1n) is 11.1. The lowest BCUT2D eigenvalue weighted by Crippen LogP contribution is -2.15. The molecule has 3 aromatic carbocycles. The molecule has 0 bridgehead atoms. The standard InChI is InChI=1S/C28H22ClFN2O2/c29-24-15-22(30)10-11-23(24)28(18-2-1-3-18)27(20-9-12-25-21(14-20)16-31-32-25)19-7-4-17(5-8-19)6-13-26(33)34/h4-16,18H,1-3H2,(H,31,32)(H,33,34)/b13-6+,28-27+. The summed E-state index contributed by atoms with van der Waals surface area (Å²) in [5.74, 6) is -1.04. The number of aromatic amines is 1. The molecule has 1 aliphatic rings. The molecule has 4 nitrogen and oxygen atoms in total. The summed E-state index contributed by atoms with van der Waals surface area (Å²) in [5.41, 5.74) is 6.72. The maximum atomic E-state index is 13.9. The van der Waals surface area contributed by atoms with Crippen LogP contribution in [0.25, 0.3) is 28.1 Å². The lowest BCUT2D eigenvalue weighted by molar-refractivity contribution is -0.131. The first-order valence-corrected chi connectivity index (χ1v) is 11.5. The van der Waals surface area contributed by atoms with Gasteiger partial charge in [-0.25, -0.2) is 9.18 Å². The highest BCUT2D eigenvalue weighted by molar-refractivity contribution is 6.32. The zero-order chi connectivity index (χ0) is 23.7. The van der Waals surface area contributed by atoms with Gasteiger partial charge in [-0.3, -0.25) is 5.10 Å². The number of fused-ring (bicyclic) bond motifs is 1. The largest absolute Gasteiger partial charge is 0.478 e. The molecule has 0 saturated heterocycles. The van der Waals surface area contributed by atoms with E-state index in [9.17, 15) is 9.18 Å². The topological polar surface area (TPSA) is 66.0 Å². The van der Waals surface area contributed by atoms with Crippen molar-refractivity contribution < 1.29 is 14.3 Å². The van der Waals surface area contributed by atoms with E-state index >= 15 is 0 Å². The molecule has 0 unspecified atom stereocenters. The van der Waals surface area contributed by atoms with Gasteiger partial charge < -0.3 is 5.11 Å². The van der Waals surface area contributed by atoms with Gasteiger partial charge in [-0.05, 0) is 82.5 Å². The lowest BCUT2D eigenvalue weighted by atomic mass is 9.73. The van der Waals surface area contributed by atoms with Crippen LogP contribution in [0.4, 0.5) is 4.39 Å². The number of carboxylic acids is 1. The van der Waals surface area contributed by atoms with E-state index in [1.165, 1.54) is 12.1 Å². The Morgan fingerprint density at radius 3 is 2.50 bits per heavy atom. The minimum atomic E-state index is -0.990. The van der Waals surface area contributed by atoms with E-state index in [0.717, 1.165) is 69.6 Å². The van der Waals surface area contributed by atoms with Crippen LogP contribution in [0.2, 0.25) is 5.02 Å². The van der Waals surface area contributed by atoms with Crippen molar-refractivity contribution in [2.24, 2.45) is 5.92 Å². The number of hydrogen-bond donors (Lipinski definition) is 2. The molecule has 170 valence electrons. The first-order chi connectivity index (χ1) is 16.5. The van der Waals surface area contributed by atoms with Gasteiger partial charge in [0.05, 0.1) is 16.7 Å². The van der Waals surface area contributed by atoms with E-state index in [0.29, 0.717) is 10.9 Å². The van der Waals surface area contributed by atoms with Crippen LogP contribution in [0.5, 0.6) is 0 Å². The number of carbonyl (C=O) groups is 1. The van der Waals surface area contributed by atoms with Gasteiger partial charge in [-0.15, -0.1) is 0 Å². The summed E-state index contributed by atoms with van der Waals surface area (Å²) in [5, 5.41) is 17.5. The molecule has 0 radical (unpaired) electrons. The quantitative estimate of drug-likeness (QED) is 0.230. The number of benzene rings is 3. The number of allylic oxidation sites excluding steroid dienone is 1. The highest BCUT2D eigenvalue weighted by Gasteiger charge is 2.28. The molecular weight excluding hydrogens is 451 g/mol. The smallest absolute Gasteiger partial charge is 0.328 e. The van der Waals surface area contributed by atoms with Crippen LogP contribution in [0.15, 0.2) is 72.9 Å². The molecule has 2 N–H and O–H groups in total. The van der Waals surface area contributed by atoms with Crippen molar-refractivity contribution in [3.05, 3.63) is 106 Å². The SMILES string of the molecule is O=C(O)/C=C/c1ccc(/C(=C(\c2ccc(F)cc2Cl)C2CCC2)c2ccc3[nH]ncc3c2)cc1. The monoisotopic (exact) mass is 472 g/mol. The summed E-state index contributed by atoms with van der Waals surface area (Å²) in [7, 11) is 0. The van der Waals surface area contributed by atoms with Crippen LogP contribution in [-0.4, -0.2) is 21.3 Å². The van der Waals surface area contributed by atoms with Crippen LogP contribution < -0.4 is 0 Å². The number of aliphatic carboxylic acids is 1. The molecule has 1 aromatic heterocycles. The van der Waals surface area contributed by atoms with E-state index < -0.39 is 5.97 Å². The van der Waals surface area contributed by atoms with Crippen LogP contribution in [-0.2, 0) is 4.79 Å². The third-order valence-corrected chi connectivity index (χ3v) is 6.66. The Morgan fingerprint density at radius 2 is 1.82 bits per heavy atom. The number of rotatable bonds is 6. The zero-order valence-corrected chi connectivity index (χ0v) is 19.0. The second-order valence-corrected chi connectivity index (χ2v) is 8.91. The van der Waals surface area contributed by atoms with Gasteiger partial charge in [0, 0.05) is 11.5 Å². The minimum Gasteiger partial charge on any atom is -0.478 e. The normalized spacial score (nSPS) is 14.9. The predicted molar refractivity (Wildman–Crippen MR) is 134 cm³/mol. The van der Waals surface area contributed by atoms with Gasteiger partial charge >= 0.3 is 5.97 Å². The van der Waals surface area contributed by atoms with Crippen molar-refractivity contribution >= 4 is 45.7 Å². The van der Waals surface area contributed by atoms with Crippen molar-refractivity contribution in [1.82, 2.24) is 10.2 Å². The van der Waals surface area contributed by atoms with Crippen molar-refractivity contribution in [1.29, 1.82) is 0 Å². The molecular formula is C28H22ClFN2O2. The number of aromatic nitrogens is 2. The number of nitrogens with zero attached hydrogens (tertiary/aromatic N) is 1. The summed E-state index contributed by atoms with van der Waals surface area (Å²) in [6.45, 7) is 0. The average molecular weight is 473 g/mol. The minimum absolute atomic E-state index is 0.310. The Labute approximate surface area is 201 Å². The fourth-order valence-corrected chi connectivity index (χ4v) is 4.74. The average Bonchev–Trinajstić information content (AvgIpc) is 3.25. The van der Waals surface area contributed by atoms with E-state index in [2.05, 4.69) is 22.3 Å². The maximum Gasteiger partial charge on any atom is 0.328 e. The summed E-state index contributed by atoms with van der Waals surface area (Å²) in [6.07, 6.45) is 7.71. The van der Waals surface area contributed by atoms with Crippen LogP contribution in [0, 0.1) is 11.7 Å². The van der Waals surface area contributed by atoms with Crippen LogP contribution >= 0.6 is 11.6 Å². The summed E-state index contributed by atoms with van der Waals surface area (Å²) >= 11 is 6.59. The second kappa shape index (κ2) is 9.27. The number of carboxylic acid groups (broad SMARTS) is 1. The first kappa shape index (κ1) is 22.1.